The van der Waals surface area contributed by atoms with Crippen LogP contribution in [0, 0.1) is 5.41 Å². The summed E-state index contributed by atoms with van der Waals surface area (Å²) in [5.41, 5.74) is 6.52. The van der Waals surface area contributed by atoms with Gasteiger partial charge in [0.05, 0.1) is 24.5 Å². The fourth-order valence-electron chi connectivity index (χ4n) is 3.90. The smallest absolute Gasteiger partial charge is 0.128 e. The van der Waals surface area contributed by atoms with Crippen LogP contribution in [0.15, 0.2) is 85.2 Å². The highest BCUT2D eigenvalue weighted by molar-refractivity contribution is 5.95. The van der Waals surface area contributed by atoms with Crippen molar-refractivity contribution >= 4 is 28.0 Å². The zero-order chi connectivity index (χ0) is 20.5. The van der Waals surface area contributed by atoms with E-state index in [1.807, 2.05) is 36.7 Å². The minimum Gasteiger partial charge on any atom is -0.496 e. The maximum atomic E-state index is 7.56. The SMILES string of the molecule is COc1cc2cc(-c3ccc(Cn4cnc5ccccc54)cc3)ccc2cc1C=N. The first-order chi connectivity index (χ1) is 14.7. The molecule has 0 bridgehead atoms. The standard InChI is InChI=1S/C26H21N3O/c1-30-26-14-22-12-20(10-11-21(22)13-23(26)15-27)19-8-6-18(7-9-19)16-29-17-28-24-4-2-3-5-25(24)29/h2-15,17,27H,16H2,1H3. The Morgan fingerprint density at radius 1 is 0.900 bits per heavy atom. The van der Waals surface area contributed by atoms with E-state index in [2.05, 4.69) is 58.1 Å². The molecule has 1 N–H and O–H groups in total. The molecule has 30 heavy (non-hydrogen) atoms. The minimum atomic E-state index is 0.720. The average molecular weight is 391 g/mol. The van der Waals surface area contributed by atoms with Crippen LogP contribution in [0.3, 0.4) is 0 Å². The first-order valence-electron chi connectivity index (χ1n) is 9.86. The molecule has 0 atom stereocenters. The largest absolute Gasteiger partial charge is 0.496 e. The fraction of sp³-hybridized carbons (Fsp3) is 0.0769. The second-order valence-electron chi connectivity index (χ2n) is 7.36. The molecule has 0 radical (unpaired) electrons. The summed E-state index contributed by atoms with van der Waals surface area (Å²) in [6.45, 7) is 0.794. The molecule has 0 spiro atoms. The van der Waals surface area contributed by atoms with Gasteiger partial charge < -0.3 is 14.7 Å². The summed E-state index contributed by atoms with van der Waals surface area (Å²) in [6.07, 6.45) is 3.23. The van der Waals surface area contributed by atoms with Crippen LogP contribution in [0.25, 0.3) is 32.9 Å². The second kappa shape index (κ2) is 7.48. The van der Waals surface area contributed by atoms with Crippen LogP contribution in [-0.4, -0.2) is 22.9 Å². The monoisotopic (exact) mass is 391 g/mol. The molecule has 4 aromatic carbocycles. The molecule has 0 unspecified atom stereocenters. The molecule has 4 heteroatoms. The van der Waals surface area contributed by atoms with Crippen LogP contribution < -0.4 is 4.74 Å². The zero-order valence-corrected chi connectivity index (χ0v) is 16.7. The van der Waals surface area contributed by atoms with Crippen molar-refractivity contribution in [2.45, 2.75) is 6.54 Å². The highest BCUT2D eigenvalue weighted by Crippen LogP contribution is 2.29. The zero-order valence-electron chi connectivity index (χ0n) is 16.7. The minimum absolute atomic E-state index is 0.720. The van der Waals surface area contributed by atoms with E-state index in [-0.39, 0.29) is 0 Å². The van der Waals surface area contributed by atoms with E-state index in [1.165, 1.54) is 17.3 Å². The molecular weight excluding hydrogens is 370 g/mol. The molecule has 0 amide bonds. The highest BCUT2D eigenvalue weighted by atomic mass is 16.5. The van der Waals surface area contributed by atoms with Gasteiger partial charge in [0.1, 0.15) is 5.75 Å². The van der Waals surface area contributed by atoms with E-state index in [4.69, 9.17) is 10.1 Å². The lowest BCUT2D eigenvalue weighted by molar-refractivity contribution is 0.415. The van der Waals surface area contributed by atoms with Crippen LogP contribution in [0.4, 0.5) is 0 Å². The van der Waals surface area contributed by atoms with Crippen molar-refractivity contribution in [3.8, 4) is 16.9 Å². The molecule has 0 aliphatic heterocycles. The number of nitrogens with one attached hydrogen (secondary N) is 1. The number of hydrogen-bond acceptors (Lipinski definition) is 3. The Balaban J connectivity index is 1.44. The lowest BCUT2D eigenvalue weighted by atomic mass is 9.99. The van der Waals surface area contributed by atoms with Gasteiger partial charge >= 0.3 is 0 Å². The van der Waals surface area contributed by atoms with Crippen LogP contribution in [0.5, 0.6) is 5.75 Å². The number of fused-ring (bicyclic) bond motifs is 2. The summed E-state index contributed by atoms with van der Waals surface area (Å²) < 4.78 is 7.60. The molecule has 0 saturated carbocycles. The Kier molecular flexibility index (Phi) is 4.52. The third-order valence-electron chi connectivity index (χ3n) is 5.51. The highest BCUT2D eigenvalue weighted by Gasteiger charge is 2.07. The number of hydrogen-bond donors (Lipinski definition) is 1. The Labute approximate surface area is 174 Å². The molecule has 4 nitrogen and oxygen atoms in total. The number of para-hydroxylation sites is 2. The van der Waals surface area contributed by atoms with Crippen molar-refractivity contribution in [2.24, 2.45) is 0 Å². The fourth-order valence-corrected chi connectivity index (χ4v) is 3.90. The summed E-state index contributed by atoms with van der Waals surface area (Å²) in [7, 11) is 1.64. The average Bonchev–Trinajstić information content (AvgIpc) is 3.21. The molecule has 5 rings (SSSR count). The van der Waals surface area contributed by atoms with Crippen molar-refractivity contribution in [1.82, 2.24) is 9.55 Å². The van der Waals surface area contributed by atoms with E-state index in [0.717, 1.165) is 45.2 Å². The summed E-state index contributed by atoms with van der Waals surface area (Å²) >= 11 is 0. The number of ether oxygens (including phenoxy) is 1. The summed E-state index contributed by atoms with van der Waals surface area (Å²) in [4.78, 5) is 4.47. The number of imidazole rings is 1. The van der Waals surface area contributed by atoms with Crippen LogP contribution in [0.1, 0.15) is 11.1 Å². The van der Waals surface area contributed by atoms with Gasteiger partial charge in [-0.2, -0.15) is 0 Å². The molecule has 0 aliphatic rings. The van der Waals surface area contributed by atoms with Gasteiger partial charge in [-0.15, -0.1) is 0 Å². The molecule has 5 aromatic rings. The number of rotatable bonds is 5. The molecule has 0 saturated heterocycles. The Morgan fingerprint density at radius 2 is 1.70 bits per heavy atom. The molecule has 146 valence electrons. The van der Waals surface area contributed by atoms with Crippen molar-refractivity contribution in [2.75, 3.05) is 7.11 Å². The lowest BCUT2D eigenvalue weighted by Crippen LogP contribution is -1.97. The number of aromatic nitrogens is 2. The summed E-state index contributed by atoms with van der Waals surface area (Å²) in [5.74, 6) is 0.720. The number of benzene rings is 4. The van der Waals surface area contributed by atoms with E-state index >= 15 is 0 Å². The maximum absolute atomic E-state index is 7.56. The van der Waals surface area contributed by atoms with Gasteiger partial charge in [0.25, 0.3) is 0 Å². The van der Waals surface area contributed by atoms with Gasteiger partial charge in [-0.25, -0.2) is 4.98 Å². The first-order valence-corrected chi connectivity index (χ1v) is 9.86. The van der Waals surface area contributed by atoms with Crippen LogP contribution >= 0.6 is 0 Å². The lowest BCUT2D eigenvalue weighted by Gasteiger charge is -2.10. The quantitative estimate of drug-likeness (QED) is 0.379. The first kappa shape index (κ1) is 18.1. The van der Waals surface area contributed by atoms with Gasteiger partial charge in [-0.3, -0.25) is 0 Å². The van der Waals surface area contributed by atoms with E-state index < -0.39 is 0 Å². The van der Waals surface area contributed by atoms with E-state index in [1.54, 1.807) is 7.11 Å². The third kappa shape index (κ3) is 3.22. The summed E-state index contributed by atoms with van der Waals surface area (Å²) in [5, 5.41) is 9.76. The van der Waals surface area contributed by atoms with Gasteiger partial charge in [-0.05, 0) is 57.8 Å². The third-order valence-corrected chi connectivity index (χ3v) is 5.51. The maximum Gasteiger partial charge on any atom is 0.128 e. The molecule has 1 aromatic heterocycles. The van der Waals surface area contributed by atoms with Gasteiger partial charge in [0, 0.05) is 18.3 Å². The number of nitrogens with zero attached hydrogens (tertiary/aromatic N) is 2. The molecular formula is C26H21N3O. The Bertz CT molecular complexity index is 1370. The summed E-state index contributed by atoms with van der Waals surface area (Å²) in [6, 6.07) is 27.3. The molecule has 0 fully saturated rings. The Hall–Kier alpha value is -3.92. The van der Waals surface area contributed by atoms with Gasteiger partial charge in [-0.1, -0.05) is 48.5 Å². The van der Waals surface area contributed by atoms with Crippen molar-refractivity contribution in [3.63, 3.8) is 0 Å². The van der Waals surface area contributed by atoms with Crippen molar-refractivity contribution in [1.29, 1.82) is 5.41 Å². The van der Waals surface area contributed by atoms with E-state index in [9.17, 15) is 0 Å². The topological polar surface area (TPSA) is 50.9 Å². The second-order valence-corrected chi connectivity index (χ2v) is 7.36. The van der Waals surface area contributed by atoms with Gasteiger partial charge in [0.15, 0.2) is 0 Å². The van der Waals surface area contributed by atoms with Crippen LogP contribution in [-0.2, 0) is 6.54 Å². The van der Waals surface area contributed by atoms with E-state index in [0.29, 0.717) is 0 Å². The predicted octanol–water partition coefficient (Wildman–Crippen LogP) is 5.91. The predicted molar refractivity (Wildman–Crippen MR) is 123 cm³/mol. The molecule has 0 aliphatic carbocycles. The number of methoxy groups -OCH3 is 1. The van der Waals surface area contributed by atoms with Gasteiger partial charge in [0.2, 0.25) is 0 Å². The normalized spacial score (nSPS) is 11.1. The van der Waals surface area contributed by atoms with Crippen LogP contribution in [0.2, 0.25) is 0 Å². The molecule has 1 heterocycles. The Morgan fingerprint density at radius 3 is 2.50 bits per heavy atom. The van der Waals surface area contributed by atoms with Crippen molar-refractivity contribution < 1.29 is 4.74 Å². The van der Waals surface area contributed by atoms with Crippen molar-refractivity contribution in [3.05, 3.63) is 96.3 Å².